The third-order valence-corrected chi connectivity index (χ3v) is 7.54. The molecule has 0 bridgehead atoms. The average Bonchev–Trinajstić information content (AvgIpc) is 2.92. The number of anilines is 1. The number of rotatable bonds is 5. The van der Waals surface area contributed by atoms with E-state index in [2.05, 4.69) is 18.7 Å². The van der Waals surface area contributed by atoms with Gasteiger partial charge in [-0.25, -0.2) is 8.42 Å². The lowest BCUT2D eigenvalue weighted by atomic mass is 10.0. The van der Waals surface area contributed by atoms with Crippen LogP contribution in [0.5, 0.6) is 0 Å². The molecule has 1 amide bonds. The number of piperidine rings is 1. The lowest BCUT2D eigenvalue weighted by Crippen LogP contribution is -2.49. The Bertz CT molecular complexity index is 770. The minimum Gasteiger partial charge on any atom is -0.307 e. The van der Waals surface area contributed by atoms with Crippen molar-refractivity contribution in [1.29, 1.82) is 0 Å². The van der Waals surface area contributed by atoms with Crippen molar-refractivity contribution < 1.29 is 13.2 Å². The van der Waals surface area contributed by atoms with Gasteiger partial charge in [0.2, 0.25) is 15.9 Å². The second-order valence-electron chi connectivity index (χ2n) is 7.45. The maximum Gasteiger partial charge on any atom is 0.250 e. The molecule has 1 aromatic carbocycles. The average molecular weight is 380 g/mol. The fourth-order valence-corrected chi connectivity index (χ4v) is 5.01. The molecule has 1 atom stereocenters. The predicted octanol–water partition coefficient (Wildman–Crippen LogP) is 2.23. The number of likely N-dealkylation sites (N-methyl/N-ethyl adjacent to an activating group) is 1. The molecule has 0 N–H and O–H groups in total. The maximum absolute atomic E-state index is 13.3. The molecule has 6 nitrogen and oxygen atoms in total. The quantitative estimate of drug-likeness (QED) is 0.787. The Balaban J connectivity index is 1.91. The third kappa shape index (κ3) is 3.28. The summed E-state index contributed by atoms with van der Waals surface area (Å²) in [5.74, 6) is -0.129. The number of fused-ring (bicyclic) bond motifs is 1. The molecule has 0 saturated carbocycles. The van der Waals surface area contributed by atoms with Crippen LogP contribution in [-0.2, 0) is 14.8 Å². The summed E-state index contributed by atoms with van der Waals surface area (Å²) in [4.78, 5) is 17.6. The number of sulfonamides is 1. The largest absolute Gasteiger partial charge is 0.307 e. The molecule has 26 heavy (non-hydrogen) atoms. The van der Waals surface area contributed by atoms with E-state index in [-0.39, 0.29) is 17.7 Å². The van der Waals surface area contributed by atoms with Crippen molar-refractivity contribution >= 4 is 21.6 Å². The number of hydrogen-bond donors (Lipinski definition) is 0. The molecule has 1 fully saturated rings. The highest BCUT2D eigenvalue weighted by atomic mass is 32.2. The SMILES string of the molecule is CCS(=O)(=O)N(C)C1C(=O)N(C2CCN(C(C)C)CC2)c2ccccc21. The number of carbonyl (C=O) groups excluding carboxylic acids is 1. The van der Waals surface area contributed by atoms with Crippen molar-refractivity contribution in [2.24, 2.45) is 0 Å². The highest BCUT2D eigenvalue weighted by Gasteiger charge is 2.45. The molecule has 144 valence electrons. The van der Waals surface area contributed by atoms with Crippen molar-refractivity contribution in [3.05, 3.63) is 29.8 Å². The number of nitrogens with zero attached hydrogens (tertiary/aromatic N) is 3. The van der Waals surface area contributed by atoms with E-state index in [1.165, 1.54) is 11.4 Å². The van der Waals surface area contributed by atoms with Gasteiger partial charge in [-0.2, -0.15) is 4.31 Å². The molecule has 1 aromatic rings. The first-order chi connectivity index (χ1) is 12.3. The Morgan fingerprint density at radius 3 is 2.38 bits per heavy atom. The lowest BCUT2D eigenvalue weighted by molar-refractivity contribution is -0.122. The van der Waals surface area contributed by atoms with E-state index in [0.717, 1.165) is 37.2 Å². The summed E-state index contributed by atoms with van der Waals surface area (Å²) in [5.41, 5.74) is 1.66. The van der Waals surface area contributed by atoms with Crippen LogP contribution in [0.25, 0.3) is 0 Å². The van der Waals surface area contributed by atoms with E-state index in [1.807, 2.05) is 29.2 Å². The summed E-state index contributed by atoms with van der Waals surface area (Å²) < 4.78 is 26.0. The van der Waals surface area contributed by atoms with Crippen molar-refractivity contribution in [3.63, 3.8) is 0 Å². The topological polar surface area (TPSA) is 60.9 Å². The zero-order valence-electron chi connectivity index (χ0n) is 16.1. The van der Waals surface area contributed by atoms with Crippen molar-refractivity contribution in [2.45, 2.75) is 51.7 Å². The van der Waals surface area contributed by atoms with Gasteiger partial charge in [-0.05, 0) is 39.7 Å². The van der Waals surface area contributed by atoms with Gasteiger partial charge in [-0.15, -0.1) is 0 Å². The van der Waals surface area contributed by atoms with Crippen LogP contribution < -0.4 is 4.90 Å². The maximum atomic E-state index is 13.3. The first-order valence-corrected chi connectivity index (χ1v) is 11.0. The van der Waals surface area contributed by atoms with E-state index >= 15 is 0 Å². The third-order valence-electron chi connectivity index (χ3n) is 5.72. The molecule has 1 saturated heterocycles. The summed E-state index contributed by atoms with van der Waals surface area (Å²) in [6, 6.07) is 7.49. The van der Waals surface area contributed by atoms with Crippen LogP contribution in [0.2, 0.25) is 0 Å². The highest BCUT2D eigenvalue weighted by Crippen LogP contribution is 2.42. The highest BCUT2D eigenvalue weighted by molar-refractivity contribution is 7.89. The van der Waals surface area contributed by atoms with Crippen LogP contribution in [-0.4, -0.2) is 61.5 Å². The zero-order chi connectivity index (χ0) is 19.1. The monoisotopic (exact) mass is 379 g/mol. The number of para-hydroxylation sites is 1. The second-order valence-corrected chi connectivity index (χ2v) is 9.76. The summed E-state index contributed by atoms with van der Waals surface area (Å²) in [5, 5.41) is 0. The molecule has 2 aliphatic heterocycles. The number of amides is 1. The number of hydrogen-bond acceptors (Lipinski definition) is 4. The van der Waals surface area contributed by atoms with Crippen molar-refractivity contribution in [2.75, 3.05) is 30.8 Å². The Morgan fingerprint density at radius 1 is 1.19 bits per heavy atom. The van der Waals surface area contributed by atoms with Gasteiger partial charge in [0.15, 0.2) is 0 Å². The van der Waals surface area contributed by atoms with Crippen molar-refractivity contribution in [3.8, 4) is 0 Å². The van der Waals surface area contributed by atoms with Gasteiger partial charge in [0.25, 0.3) is 0 Å². The number of carbonyl (C=O) groups is 1. The van der Waals surface area contributed by atoms with Crippen molar-refractivity contribution in [1.82, 2.24) is 9.21 Å². The molecule has 0 aromatic heterocycles. The Kier molecular flexibility index (Phi) is 5.42. The van der Waals surface area contributed by atoms with E-state index in [4.69, 9.17) is 0 Å². The van der Waals surface area contributed by atoms with Gasteiger partial charge in [0, 0.05) is 43.5 Å². The molecule has 3 rings (SSSR count). The fourth-order valence-electron chi connectivity index (χ4n) is 4.07. The number of benzene rings is 1. The minimum absolute atomic E-state index is 0.0117. The van der Waals surface area contributed by atoms with Crippen LogP contribution in [0.1, 0.15) is 45.2 Å². The van der Waals surface area contributed by atoms with Gasteiger partial charge in [-0.3, -0.25) is 4.79 Å². The summed E-state index contributed by atoms with van der Waals surface area (Å²) in [6.45, 7) is 7.91. The van der Waals surface area contributed by atoms with Gasteiger partial charge in [-0.1, -0.05) is 18.2 Å². The van der Waals surface area contributed by atoms with Crippen LogP contribution in [0.3, 0.4) is 0 Å². The molecule has 0 radical (unpaired) electrons. The number of likely N-dealkylation sites (tertiary alicyclic amines) is 1. The Hall–Kier alpha value is -1.44. The minimum atomic E-state index is -3.45. The van der Waals surface area contributed by atoms with Crippen LogP contribution >= 0.6 is 0 Å². The summed E-state index contributed by atoms with van der Waals surface area (Å²) in [6.07, 6.45) is 1.82. The van der Waals surface area contributed by atoms with Gasteiger partial charge >= 0.3 is 0 Å². The molecule has 0 spiro atoms. The molecule has 2 heterocycles. The summed E-state index contributed by atoms with van der Waals surface area (Å²) in [7, 11) is -1.94. The molecule has 2 aliphatic rings. The van der Waals surface area contributed by atoms with E-state index in [0.29, 0.717) is 6.04 Å². The lowest BCUT2D eigenvalue weighted by Gasteiger charge is -2.39. The molecular formula is C19H29N3O3S. The standard InChI is InChI=1S/C19H29N3O3S/c1-5-26(24,25)20(4)18-16-8-6-7-9-17(16)22(19(18)23)15-10-12-21(13-11-15)14(2)3/h6-9,14-15,18H,5,10-13H2,1-4H3. The van der Waals surface area contributed by atoms with Crippen LogP contribution in [0, 0.1) is 0 Å². The molecule has 1 unspecified atom stereocenters. The molecule has 7 heteroatoms. The fraction of sp³-hybridized carbons (Fsp3) is 0.632. The van der Waals surface area contributed by atoms with Gasteiger partial charge < -0.3 is 9.80 Å². The van der Waals surface area contributed by atoms with E-state index < -0.39 is 16.1 Å². The van der Waals surface area contributed by atoms with Crippen LogP contribution in [0.4, 0.5) is 5.69 Å². The van der Waals surface area contributed by atoms with E-state index in [1.54, 1.807) is 6.92 Å². The Morgan fingerprint density at radius 2 is 1.81 bits per heavy atom. The predicted molar refractivity (Wildman–Crippen MR) is 104 cm³/mol. The van der Waals surface area contributed by atoms with Gasteiger partial charge in [0.1, 0.15) is 6.04 Å². The first kappa shape index (κ1) is 19.3. The smallest absolute Gasteiger partial charge is 0.250 e. The molecular weight excluding hydrogens is 350 g/mol. The van der Waals surface area contributed by atoms with E-state index in [9.17, 15) is 13.2 Å². The Labute approximate surface area is 156 Å². The summed E-state index contributed by atoms with van der Waals surface area (Å²) >= 11 is 0. The van der Waals surface area contributed by atoms with Gasteiger partial charge in [0.05, 0.1) is 5.75 Å². The first-order valence-electron chi connectivity index (χ1n) is 9.39. The second kappa shape index (κ2) is 7.29. The zero-order valence-corrected chi connectivity index (χ0v) is 16.9. The normalized spacial score (nSPS) is 22.5. The van der Waals surface area contributed by atoms with Crippen LogP contribution in [0.15, 0.2) is 24.3 Å². The molecule has 0 aliphatic carbocycles.